The van der Waals surface area contributed by atoms with Gasteiger partial charge in [0.05, 0.1) is 23.6 Å². The molecule has 2 amide bonds. The molecule has 2 aromatic heterocycles. The number of carbonyl (C=O) groups is 3. The average Bonchev–Trinajstić information content (AvgIpc) is 3.66. The molecule has 2 aromatic carbocycles. The maximum atomic E-state index is 14.2. The summed E-state index contributed by atoms with van der Waals surface area (Å²) in [6.45, 7) is 3.54. The Balaban J connectivity index is 1.71. The first-order chi connectivity index (χ1) is 19.2. The average molecular weight is 558 g/mol. The second kappa shape index (κ2) is 10.8. The topological polar surface area (TPSA) is 124 Å². The van der Waals surface area contributed by atoms with Crippen molar-refractivity contribution in [1.82, 2.24) is 4.90 Å². The lowest BCUT2D eigenvalue weighted by molar-refractivity contribution is -0.142. The molecule has 0 aliphatic carbocycles. The molecule has 4 unspecified atom stereocenters. The van der Waals surface area contributed by atoms with E-state index >= 15 is 0 Å². The number of rotatable bonds is 6. The van der Waals surface area contributed by atoms with E-state index in [2.05, 4.69) is 5.32 Å². The van der Waals surface area contributed by atoms with Gasteiger partial charge in [0.2, 0.25) is 5.78 Å². The molecule has 2 N–H and O–H groups in total. The van der Waals surface area contributed by atoms with Gasteiger partial charge in [-0.15, -0.1) is 11.3 Å². The number of carboxylic acid groups (broad SMARTS) is 1. The summed E-state index contributed by atoms with van der Waals surface area (Å²) in [6, 6.07) is 15.3. The number of aryl methyl sites for hydroxylation is 2. The van der Waals surface area contributed by atoms with E-state index < -0.39 is 47.5 Å². The van der Waals surface area contributed by atoms with Gasteiger partial charge in [0.25, 0.3) is 0 Å². The van der Waals surface area contributed by atoms with Crippen LogP contribution in [0.5, 0.6) is 0 Å². The third kappa shape index (κ3) is 4.87. The van der Waals surface area contributed by atoms with Crippen molar-refractivity contribution < 1.29 is 28.3 Å². The van der Waals surface area contributed by atoms with Crippen LogP contribution < -0.4 is 5.32 Å². The smallest absolute Gasteiger partial charge is 0.327 e. The molecule has 0 radical (unpaired) electrons. The SMILES string of the molecule is Cc1ccc(C(=O)C2C(c3sccc3C)C(C(=O)O)N(C(=O)Nc3ccc(F)cc3)C2c2ccc(C#N)cc2)o1. The minimum Gasteiger partial charge on any atom is -0.480 e. The summed E-state index contributed by atoms with van der Waals surface area (Å²) in [5, 5.41) is 24.4. The molecule has 0 spiro atoms. The van der Waals surface area contributed by atoms with Gasteiger partial charge in [0, 0.05) is 16.5 Å². The van der Waals surface area contributed by atoms with Crippen molar-refractivity contribution in [1.29, 1.82) is 5.26 Å². The van der Waals surface area contributed by atoms with Crippen LogP contribution in [0.25, 0.3) is 0 Å². The second-order valence-corrected chi connectivity index (χ2v) is 10.5. The van der Waals surface area contributed by atoms with Crippen LogP contribution in [-0.2, 0) is 4.79 Å². The van der Waals surface area contributed by atoms with Crippen LogP contribution in [0, 0.1) is 36.9 Å². The Bertz CT molecular complexity index is 1620. The molecule has 1 saturated heterocycles. The Morgan fingerprint density at radius 3 is 2.27 bits per heavy atom. The first kappa shape index (κ1) is 26.8. The molecule has 40 heavy (non-hydrogen) atoms. The summed E-state index contributed by atoms with van der Waals surface area (Å²) in [4.78, 5) is 42.9. The molecule has 10 heteroatoms. The highest BCUT2D eigenvalue weighted by Crippen LogP contribution is 2.53. The molecule has 5 rings (SSSR count). The van der Waals surface area contributed by atoms with E-state index in [1.54, 1.807) is 43.3 Å². The van der Waals surface area contributed by atoms with Crippen LogP contribution in [-0.4, -0.2) is 33.8 Å². The quantitative estimate of drug-likeness (QED) is 0.269. The molecular formula is C30H24FN3O5S. The van der Waals surface area contributed by atoms with Crippen molar-refractivity contribution in [2.24, 2.45) is 5.92 Å². The zero-order valence-electron chi connectivity index (χ0n) is 21.5. The van der Waals surface area contributed by atoms with Crippen LogP contribution in [0.15, 0.2) is 76.5 Å². The van der Waals surface area contributed by atoms with Gasteiger partial charge in [0.1, 0.15) is 17.6 Å². The number of Topliss-reactive ketones (excluding diaryl/α,β-unsaturated/α-hetero) is 1. The first-order valence-electron chi connectivity index (χ1n) is 12.4. The number of amides is 2. The highest BCUT2D eigenvalue weighted by molar-refractivity contribution is 7.10. The molecule has 4 aromatic rings. The minimum absolute atomic E-state index is 0.0604. The Kier molecular flexibility index (Phi) is 7.24. The van der Waals surface area contributed by atoms with Crippen LogP contribution in [0.2, 0.25) is 0 Å². The molecule has 4 atom stereocenters. The summed E-state index contributed by atoms with van der Waals surface area (Å²) in [7, 11) is 0. The Morgan fingerprint density at radius 2 is 1.73 bits per heavy atom. The van der Waals surface area contributed by atoms with Gasteiger partial charge in [-0.1, -0.05) is 12.1 Å². The number of carbonyl (C=O) groups excluding carboxylic acids is 2. The van der Waals surface area contributed by atoms with Gasteiger partial charge in [-0.05, 0) is 85.0 Å². The number of aliphatic carboxylic acids is 1. The number of halogens is 1. The van der Waals surface area contributed by atoms with E-state index in [4.69, 9.17) is 4.42 Å². The number of ketones is 1. The van der Waals surface area contributed by atoms with E-state index in [-0.39, 0.29) is 11.4 Å². The van der Waals surface area contributed by atoms with E-state index in [0.717, 1.165) is 5.56 Å². The standard InChI is InChI=1S/C30H24FN3O5S/c1-16-13-14-40-28(16)24-23(27(35)22-12-3-17(2)39-22)25(19-6-4-18(15-32)5-7-19)34(26(24)29(36)37)30(38)33-21-10-8-20(31)9-11-21/h3-14,23-26H,1-2H3,(H,33,38)(H,36,37). The van der Waals surface area contributed by atoms with Gasteiger partial charge in [0.15, 0.2) is 5.76 Å². The van der Waals surface area contributed by atoms with E-state index in [1.165, 1.54) is 40.5 Å². The number of benzene rings is 2. The van der Waals surface area contributed by atoms with Crippen molar-refractivity contribution in [2.75, 3.05) is 5.32 Å². The Hall–Kier alpha value is -4.75. The van der Waals surface area contributed by atoms with Crippen LogP contribution in [0.4, 0.5) is 14.9 Å². The van der Waals surface area contributed by atoms with E-state index in [0.29, 0.717) is 21.8 Å². The number of carboxylic acids is 1. The largest absolute Gasteiger partial charge is 0.480 e. The van der Waals surface area contributed by atoms with Crippen molar-refractivity contribution in [3.05, 3.63) is 111 Å². The number of nitrogens with zero attached hydrogens (tertiary/aromatic N) is 2. The molecule has 3 heterocycles. The van der Waals surface area contributed by atoms with Crippen LogP contribution in [0.3, 0.4) is 0 Å². The highest BCUT2D eigenvalue weighted by atomic mass is 32.1. The van der Waals surface area contributed by atoms with E-state index in [1.807, 2.05) is 24.4 Å². The van der Waals surface area contributed by atoms with Gasteiger partial charge >= 0.3 is 12.0 Å². The number of nitrogens with one attached hydrogen (secondary N) is 1. The summed E-state index contributed by atoms with van der Waals surface area (Å²) in [5.74, 6) is -3.58. The van der Waals surface area contributed by atoms with Gasteiger partial charge in [-0.25, -0.2) is 14.0 Å². The second-order valence-electron chi connectivity index (χ2n) is 9.60. The van der Waals surface area contributed by atoms with Gasteiger partial charge in [-0.2, -0.15) is 5.26 Å². The lowest BCUT2D eigenvalue weighted by Gasteiger charge is -2.30. The van der Waals surface area contributed by atoms with Crippen molar-refractivity contribution in [2.45, 2.75) is 31.8 Å². The fourth-order valence-electron chi connectivity index (χ4n) is 5.35. The third-order valence-electron chi connectivity index (χ3n) is 7.12. The zero-order chi connectivity index (χ0) is 28.6. The number of furan rings is 1. The molecule has 1 aliphatic heterocycles. The first-order valence-corrected chi connectivity index (χ1v) is 13.3. The van der Waals surface area contributed by atoms with Crippen molar-refractivity contribution in [3.8, 4) is 6.07 Å². The van der Waals surface area contributed by atoms with E-state index in [9.17, 15) is 29.1 Å². The molecule has 0 bridgehead atoms. The third-order valence-corrected chi connectivity index (χ3v) is 8.24. The molecule has 8 nitrogen and oxygen atoms in total. The summed E-state index contributed by atoms with van der Waals surface area (Å²) >= 11 is 1.32. The Labute approximate surface area is 233 Å². The number of anilines is 1. The number of thiophene rings is 1. The predicted molar refractivity (Wildman–Crippen MR) is 146 cm³/mol. The summed E-state index contributed by atoms with van der Waals surface area (Å²) in [5.41, 5.74) is 1.91. The molecule has 1 fully saturated rings. The lowest BCUT2D eigenvalue weighted by Crippen LogP contribution is -2.45. The fraction of sp³-hybridized carbons (Fsp3) is 0.200. The maximum Gasteiger partial charge on any atom is 0.327 e. The lowest BCUT2D eigenvalue weighted by atomic mass is 9.79. The number of hydrogen-bond donors (Lipinski definition) is 2. The van der Waals surface area contributed by atoms with Crippen molar-refractivity contribution >= 4 is 34.8 Å². The predicted octanol–water partition coefficient (Wildman–Crippen LogP) is 6.29. The summed E-state index contributed by atoms with van der Waals surface area (Å²) < 4.78 is 19.2. The molecule has 1 aliphatic rings. The van der Waals surface area contributed by atoms with Crippen LogP contribution >= 0.6 is 11.3 Å². The number of nitriles is 1. The monoisotopic (exact) mass is 557 g/mol. The van der Waals surface area contributed by atoms with Gasteiger partial charge < -0.3 is 19.7 Å². The molecular weight excluding hydrogens is 533 g/mol. The normalized spacial score (nSPS) is 20.2. The Morgan fingerprint density at radius 1 is 1.02 bits per heavy atom. The highest BCUT2D eigenvalue weighted by Gasteiger charge is 2.58. The van der Waals surface area contributed by atoms with Crippen molar-refractivity contribution in [3.63, 3.8) is 0 Å². The minimum atomic E-state index is -1.43. The summed E-state index contributed by atoms with van der Waals surface area (Å²) in [6.07, 6.45) is 0. The number of hydrogen-bond acceptors (Lipinski definition) is 6. The fourth-order valence-corrected chi connectivity index (χ4v) is 6.46. The zero-order valence-corrected chi connectivity index (χ0v) is 22.3. The molecule has 202 valence electrons. The number of likely N-dealkylation sites (tertiary alicyclic amines) is 1. The van der Waals surface area contributed by atoms with Crippen LogP contribution in [0.1, 0.15) is 49.8 Å². The van der Waals surface area contributed by atoms with Gasteiger partial charge in [-0.3, -0.25) is 4.79 Å². The molecule has 0 saturated carbocycles. The number of urea groups is 1. The maximum absolute atomic E-state index is 14.2.